The number of aliphatic hydroxyl groups excluding tert-OH is 1. The van der Waals surface area contributed by atoms with E-state index in [2.05, 4.69) is 12.6 Å². The van der Waals surface area contributed by atoms with Crippen LogP contribution in [0.2, 0.25) is 0 Å². The molecule has 29 heavy (non-hydrogen) atoms. The van der Waals surface area contributed by atoms with Crippen molar-refractivity contribution in [3.8, 4) is 6.07 Å². The molecule has 7 heteroatoms. The van der Waals surface area contributed by atoms with Crippen LogP contribution in [0.4, 0.5) is 11.4 Å². The molecule has 156 valence electrons. The fourth-order valence-corrected chi connectivity index (χ4v) is 3.48. The fourth-order valence-electron chi connectivity index (χ4n) is 3.48. The van der Waals surface area contributed by atoms with E-state index in [0.29, 0.717) is 19.5 Å². The maximum Gasteiger partial charge on any atom is 0.227 e. The Morgan fingerprint density at radius 3 is 2.76 bits per heavy atom. The van der Waals surface area contributed by atoms with Gasteiger partial charge in [0.05, 0.1) is 12.0 Å². The summed E-state index contributed by atoms with van der Waals surface area (Å²) in [5.74, 6) is -0.221. The van der Waals surface area contributed by atoms with Crippen LogP contribution in [0.15, 0.2) is 43.4 Å². The molecule has 1 amide bonds. The average molecular weight is 398 g/mol. The number of rotatable bonds is 9. The van der Waals surface area contributed by atoms with Crippen molar-refractivity contribution in [3.63, 3.8) is 0 Å². The van der Waals surface area contributed by atoms with Crippen molar-refractivity contribution in [1.29, 1.82) is 5.26 Å². The van der Waals surface area contributed by atoms with Crippen LogP contribution < -0.4 is 15.5 Å². The summed E-state index contributed by atoms with van der Waals surface area (Å²) in [6.45, 7) is 8.79. The summed E-state index contributed by atoms with van der Waals surface area (Å²) in [5, 5.41) is 18.8. The molecular weight excluding hydrogens is 366 g/mol. The number of hydrogen-bond donors (Lipinski definition) is 2. The van der Waals surface area contributed by atoms with Gasteiger partial charge in [-0.15, -0.1) is 0 Å². The number of carbonyl (C=O) groups excluding carboxylic acids is 1. The van der Waals surface area contributed by atoms with E-state index in [4.69, 9.17) is 5.73 Å². The molecule has 7 nitrogen and oxygen atoms in total. The molecule has 1 unspecified atom stereocenters. The highest BCUT2D eigenvalue weighted by molar-refractivity contribution is 5.96. The second kappa shape index (κ2) is 9.99. The van der Waals surface area contributed by atoms with Gasteiger partial charge in [-0.2, -0.15) is 5.26 Å². The van der Waals surface area contributed by atoms with Gasteiger partial charge in [0.2, 0.25) is 5.91 Å². The van der Waals surface area contributed by atoms with Gasteiger partial charge in [-0.1, -0.05) is 6.58 Å². The van der Waals surface area contributed by atoms with Gasteiger partial charge < -0.3 is 25.5 Å². The Bertz CT molecular complexity index is 801. The van der Waals surface area contributed by atoms with Gasteiger partial charge in [0.25, 0.3) is 0 Å². The summed E-state index contributed by atoms with van der Waals surface area (Å²) in [4.78, 5) is 18.1. The third kappa shape index (κ3) is 5.09. The Morgan fingerprint density at radius 2 is 2.21 bits per heavy atom. The van der Waals surface area contributed by atoms with Crippen LogP contribution in [0.3, 0.4) is 0 Å². The van der Waals surface area contributed by atoms with Crippen molar-refractivity contribution in [2.45, 2.75) is 32.9 Å². The first-order valence-electron chi connectivity index (χ1n) is 9.79. The van der Waals surface area contributed by atoms with Crippen LogP contribution >= 0.6 is 0 Å². The van der Waals surface area contributed by atoms with Crippen LogP contribution in [0, 0.1) is 23.2 Å². The van der Waals surface area contributed by atoms with E-state index in [-0.39, 0.29) is 30.4 Å². The number of nitrogens with zero attached hydrogens (tertiary/aromatic N) is 4. The molecule has 3 N–H and O–H groups in total. The highest BCUT2D eigenvalue weighted by Gasteiger charge is 2.31. The molecule has 1 aliphatic rings. The van der Waals surface area contributed by atoms with Crippen molar-refractivity contribution in [2.75, 3.05) is 30.0 Å². The van der Waals surface area contributed by atoms with Gasteiger partial charge in [-0.25, -0.2) is 0 Å². The van der Waals surface area contributed by atoms with Gasteiger partial charge in [0.1, 0.15) is 0 Å². The van der Waals surface area contributed by atoms with Crippen molar-refractivity contribution in [1.82, 2.24) is 4.90 Å². The molecule has 2 rings (SSSR count). The smallest absolute Gasteiger partial charge is 0.227 e. The summed E-state index contributed by atoms with van der Waals surface area (Å²) in [7, 11) is 1.93. The molecule has 1 saturated heterocycles. The zero-order valence-electron chi connectivity index (χ0n) is 17.5. The minimum atomic E-state index is -0.207. The standard InChI is InChI=1S/C22H31N5O2/c1-5-25(4)14-19-11-20(27-13-18(15-28)10-22(27)29)6-7-21(19)26(9-8-23)17(3)16(2)12-24/h5-9,11,16-18,28H,1,10,13-15,23H2,2-4H3/b9-8-/t16?,17-,18+/m0/s1. The molecule has 0 saturated carbocycles. The monoisotopic (exact) mass is 397 g/mol. The Kier molecular flexibility index (Phi) is 7.68. The predicted molar refractivity (Wildman–Crippen MR) is 116 cm³/mol. The lowest BCUT2D eigenvalue weighted by atomic mass is 10.0. The first-order chi connectivity index (χ1) is 13.9. The van der Waals surface area contributed by atoms with Crippen LogP contribution in [0.25, 0.3) is 0 Å². The van der Waals surface area contributed by atoms with Crippen LogP contribution in [0.1, 0.15) is 25.8 Å². The number of amides is 1. The third-order valence-electron chi connectivity index (χ3n) is 5.46. The van der Waals surface area contributed by atoms with E-state index in [0.717, 1.165) is 16.9 Å². The minimum Gasteiger partial charge on any atom is -0.403 e. The molecule has 0 radical (unpaired) electrons. The molecule has 1 aliphatic heterocycles. The predicted octanol–water partition coefficient (Wildman–Crippen LogP) is 2.39. The van der Waals surface area contributed by atoms with Crippen molar-refractivity contribution in [3.05, 3.63) is 48.9 Å². The first kappa shape index (κ1) is 22.3. The Hall–Kier alpha value is -2.98. The highest BCUT2D eigenvalue weighted by atomic mass is 16.3. The lowest BCUT2D eigenvalue weighted by Crippen LogP contribution is -2.34. The van der Waals surface area contributed by atoms with Gasteiger partial charge >= 0.3 is 0 Å². The average Bonchev–Trinajstić information content (AvgIpc) is 3.11. The molecule has 0 aromatic heterocycles. The lowest BCUT2D eigenvalue weighted by Gasteiger charge is -2.32. The topological polar surface area (TPSA) is 96.8 Å². The summed E-state index contributed by atoms with van der Waals surface area (Å²) in [5.41, 5.74) is 8.41. The molecule has 0 bridgehead atoms. The quantitative estimate of drug-likeness (QED) is 0.664. The van der Waals surface area contributed by atoms with Crippen LogP contribution in [-0.4, -0.2) is 42.2 Å². The van der Waals surface area contributed by atoms with E-state index in [1.165, 1.54) is 6.20 Å². The van der Waals surface area contributed by atoms with E-state index in [1.807, 2.05) is 48.9 Å². The Balaban J connectivity index is 2.49. The molecule has 3 atom stereocenters. The molecule has 0 aliphatic carbocycles. The summed E-state index contributed by atoms with van der Waals surface area (Å²) in [6.07, 6.45) is 5.33. The maximum atomic E-state index is 12.4. The first-order valence-corrected chi connectivity index (χ1v) is 9.79. The lowest BCUT2D eigenvalue weighted by molar-refractivity contribution is -0.117. The van der Waals surface area contributed by atoms with Gasteiger partial charge in [0, 0.05) is 68.9 Å². The van der Waals surface area contributed by atoms with Crippen molar-refractivity contribution >= 4 is 17.3 Å². The van der Waals surface area contributed by atoms with E-state index >= 15 is 0 Å². The number of nitrogens with two attached hydrogens (primary N) is 1. The number of hydrogen-bond acceptors (Lipinski definition) is 6. The molecule has 1 aromatic carbocycles. The fraction of sp³-hybridized carbons (Fsp3) is 0.455. The molecular formula is C22H31N5O2. The number of carbonyl (C=O) groups is 1. The van der Waals surface area contributed by atoms with Crippen LogP contribution in [-0.2, 0) is 11.3 Å². The molecule has 0 spiro atoms. The number of anilines is 2. The van der Waals surface area contributed by atoms with E-state index in [1.54, 1.807) is 17.3 Å². The summed E-state index contributed by atoms with van der Waals surface area (Å²) < 4.78 is 0. The van der Waals surface area contributed by atoms with E-state index in [9.17, 15) is 15.2 Å². The summed E-state index contributed by atoms with van der Waals surface area (Å²) in [6, 6.07) is 8.07. The number of benzene rings is 1. The number of nitriles is 1. The Labute approximate surface area is 173 Å². The van der Waals surface area contributed by atoms with Crippen molar-refractivity contribution in [2.24, 2.45) is 17.6 Å². The summed E-state index contributed by atoms with van der Waals surface area (Å²) >= 11 is 0. The number of aliphatic hydroxyl groups is 1. The Morgan fingerprint density at radius 1 is 1.48 bits per heavy atom. The van der Waals surface area contributed by atoms with Gasteiger partial charge in [0.15, 0.2) is 0 Å². The maximum absolute atomic E-state index is 12.4. The molecule has 1 aromatic rings. The zero-order chi connectivity index (χ0) is 21.6. The molecule has 1 heterocycles. The van der Waals surface area contributed by atoms with E-state index < -0.39 is 0 Å². The second-order valence-electron chi connectivity index (χ2n) is 7.57. The highest BCUT2D eigenvalue weighted by Crippen LogP contribution is 2.33. The normalized spacial score (nSPS) is 18.5. The van der Waals surface area contributed by atoms with Gasteiger partial charge in [-0.3, -0.25) is 4.79 Å². The van der Waals surface area contributed by atoms with Crippen LogP contribution in [0.5, 0.6) is 0 Å². The minimum absolute atomic E-state index is 0.00498. The largest absolute Gasteiger partial charge is 0.403 e. The van der Waals surface area contributed by atoms with Gasteiger partial charge in [-0.05, 0) is 43.8 Å². The SMILES string of the molecule is C=CN(C)Cc1cc(N2C[C@H](CO)CC2=O)ccc1N(/C=C\N)[C@@H](C)C(C)C#N. The molecule has 1 fully saturated rings. The zero-order valence-corrected chi connectivity index (χ0v) is 17.5. The third-order valence-corrected chi connectivity index (χ3v) is 5.46. The van der Waals surface area contributed by atoms with Crippen molar-refractivity contribution < 1.29 is 9.90 Å². The second-order valence-corrected chi connectivity index (χ2v) is 7.57.